The first-order valence-electron chi connectivity index (χ1n) is 5.20. The van der Waals surface area contributed by atoms with Gasteiger partial charge < -0.3 is 15.5 Å². The molecule has 88 valence electrons. The van der Waals surface area contributed by atoms with Gasteiger partial charge in [0, 0.05) is 27.1 Å². The molecule has 5 heteroatoms. The maximum atomic E-state index is 11.6. The van der Waals surface area contributed by atoms with E-state index in [1.54, 1.807) is 19.0 Å². The Morgan fingerprint density at radius 1 is 1.20 bits per heavy atom. The lowest BCUT2D eigenvalue weighted by atomic mass is 10.2. The van der Waals surface area contributed by atoms with Crippen LogP contribution in [0.4, 0.5) is 0 Å². The van der Waals surface area contributed by atoms with E-state index in [1.165, 1.54) is 4.90 Å². The minimum Gasteiger partial charge on any atom is -0.347 e. The van der Waals surface area contributed by atoms with Crippen LogP contribution in [-0.4, -0.2) is 55.3 Å². The summed E-state index contributed by atoms with van der Waals surface area (Å²) < 4.78 is 0. The lowest BCUT2D eigenvalue weighted by Gasteiger charge is -2.22. The third-order valence-electron chi connectivity index (χ3n) is 2.15. The van der Waals surface area contributed by atoms with Gasteiger partial charge in [0.15, 0.2) is 0 Å². The molecule has 2 amide bonds. The average molecular weight is 215 g/mol. The molecule has 0 spiro atoms. The summed E-state index contributed by atoms with van der Waals surface area (Å²) in [5, 5.41) is 0. The van der Waals surface area contributed by atoms with Crippen molar-refractivity contribution in [2.45, 2.75) is 19.8 Å². The van der Waals surface area contributed by atoms with Crippen molar-refractivity contribution >= 4 is 11.8 Å². The zero-order chi connectivity index (χ0) is 11.8. The standard InChI is InChI=1S/C10H21N3O2/c1-4-13(8-10(15)12(2)3)9(14)6-5-7-11/h4-8,11H2,1-3H3. The molecule has 0 aliphatic heterocycles. The van der Waals surface area contributed by atoms with Gasteiger partial charge in [-0.15, -0.1) is 0 Å². The largest absolute Gasteiger partial charge is 0.347 e. The van der Waals surface area contributed by atoms with Crippen LogP contribution in [0.1, 0.15) is 19.8 Å². The van der Waals surface area contributed by atoms with Crippen LogP contribution in [0.25, 0.3) is 0 Å². The summed E-state index contributed by atoms with van der Waals surface area (Å²) in [7, 11) is 3.36. The fourth-order valence-electron chi connectivity index (χ4n) is 1.09. The maximum absolute atomic E-state index is 11.6. The van der Waals surface area contributed by atoms with Crippen LogP contribution in [0.15, 0.2) is 0 Å². The Bertz CT molecular complexity index is 217. The minimum absolute atomic E-state index is 0.00171. The van der Waals surface area contributed by atoms with Crippen LogP contribution in [-0.2, 0) is 9.59 Å². The molecule has 0 aromatic heterocycles. The van der Waals surface area contributed by atoms with E-state index in [2.05, 4.69) is 0 Å². The Hall–Kier alpha value is -1.10. The van der Waals surface area contributed by atoms with Gasteiger partial charge in [0.25, 0.3) is 0 Å². The molecule has 0 saturated carbocycles. The third kappa shape index (κ3) is 5.37. The summed E-state index contributed by atoms with van der Waals surface area (Å²) in [5.41, 5.74) is 5.32. The molecule has 0 aromatic carbocycles. The molecule has 0 aromatic rings. The highest BCUT2D eigenvalue weighted by molar-refractivity contribution is 5.84. The van der Waals surface area contributed by atoms with Crippen molar-refractivity contribution in [2.75, 3.05) is 33.7 Å². The van der Waals surface area contributed by atoms with E-state index in [0.717, 1.165) is 0 Å². The average Bonchev–Trinajstić information content (AvgIpc) is 2.21. The number of hydrogen-bond donors (Lipinski definition) is 1. The summed E-state index contributed by atoms with van der Waals surface area (Å²) in [6.45, 7) is 3.09. The van der Waals surface area contributed by atoms with Gasteiger partial charge in [0.05, 0.1) is 6.54 Å². The number of hydrogen-bond acceptors (Lipinski definition) is 3. The van der Waals surface area contributed by atoms with Crippen molar-refractivity contribution in [3.63, 3.8) is 0 Å². The van der Waals surface area contributed by atoms with Crippen molar-refractivity contribution in [2.24, 2.45) is 5.73 Å². The van der Waals surface area contributed by atoms with E-state index in [4.69, 9.17) is 5.73 Å². The second-order valence-corrected chi connectivity index (χ2v) is 3.59. The number of nitrogens with zero attached hydrogens (tertiary/aromatic N) is 2. The minimum atomic E-state index is -0.0575. The van der Waals surface area contributed by atoms with Gasteiger partial charge >= 0.3 is 0 Å². The molecule has 0 saturated heterocycles. The summed E-state index contributed by atoms with van der Waals surface area (Å²) in [6.07, 6.45) is 1.09. The van der Waals surface area contributed by atoms with E-state index in [0.29, 0.717) is 25.9 Å². The molecule has 0 aliphatic rings. The van der Waals surface area contributed by atoms with Crippen LogP contribution in [0, 0.1) is 0 Å². The van der Waals surface area contributed by atoms with Gasteiger partial charge in [0.1, 0.15) is 0 Å². The van der Waals surface area contributed by atoms with Crippen LogP contribution in [0.2, 0.25) is 0 Å². The van der Waals surface area contributed by atoms with Crippen molar-refractivity contribution < 1.29 is 9.59 Å². The molecule has 0 radical (unpaired) electrons. The zero-order valence-electron chi connectivity index (χ0n) is 9.82. The third-order valence-corrected chi connectivity index (χ3v) is 2.15. The predicted octanol–water partition coefficient (Wildman–Crippen LogP) is -0.338. The number of rotatable bonds is 6. The van der Waals surface area contributed by atoms with Gasteiger partial charge in [-0.1, -0.05) is 0 Å². The normalized spacial score (nSPS) is 9.87. The Kier molecular flexibility index (Phi) is 6.70. The Balaban J connectivity index is 4.12. The summed E-state index contributed by atoms with van der Waals surface area (Å²) >= 11 is 0. The lowest BCUT2D eigenvalue weighted by Crippen LogP contribution is -2.40. The molecule has 0 aliphatic carbocycles. The van der Waals surface area contributed by atoms with Gasteiger partial charge in [-0.25, -0.2) is 0 Å². The summed E-state index contributed by atoms with van der Waals surface area (Å²) in [4.78, 5) is 26.0. The maximum Gasteiger partial charge on any atom is 0.241 e. The molecule has 0 atom stereocenters. The SMILES string of the molecule is CCN(CC(=O)N(C)C)C(=O)CCCN. The fourth-order valence-corrected chi connectivity index (χ4v) is 1.09. The predicted molar refractivity (Wildman–Crippen MR) is 59.2 cm³/mol. The van der Waals surface area contributed by atoms with Gasteiger partial charge in [0.2, 0.25) is 11.8 Å². The fraction of sp³-hybridized carbons (Fsp3) is 0.800. The van der Waals surface area contributed by atoms with Crippen molar-refractivity contribution in [3.8, 4) is 0 Å². The molecule has 0 heterocycles. The van der Waals surface area contributed by atoms with E-state index < -0.39 is 0 Å². The number of carbonyl (C=O) groups excluding carboxylic acids is 2. The monoisotopic (exact) mass is 215 g/mol. The topological polar surface area (TPSA) is 66.6 Å². The van der Waals surface area contributed by atoms with Gasteiger partial charge in [-0.3, -0.25) is 9.59 Å². The second kappa shape index (κ2) is 7.23. The van der Waals surface area contributed by atoms with Crippen LogP contribution in [0.3, 0.4) is 0 Å². The first-order valence-corrected chi connectivity index (χ1v) is 5.20. The van der Waals surface area contributed by atoms with Crippen LogP contribution in [0.5, 0.6) is 0 Å². The van der Waals surface area contributed by atoms with E-state index in [1.807, 2.05) is 6.92 Å². The Labute approximate surface area is 91.2 Å². The number of likely N-dealkylation sites (N-methyl/N-ethyl adjacent to an activating group) is 2. The molecule has 0 bridgehead atoms. The molecule has 15 heavy (non-hydrogen) atoms. The van der Waals surface area contributed by atoms with Gasteiger partial charge in [-0.05, 0) is 19.9 Å². The highest BCUT2D eigenvalue weighted by atomic mass is 16.2. The highest BCUT2D eigenvalue weighted by Gasteiger charge is 2.15. The Morgan fingerprint density at radius 2 is 1.80 bits per heavy atom. The quantitative estimate of drug-likeness (QED) is 0.659. The van der Waals surface area contributed by atoms with Crippen LogP contribution >= 0.6 is 0 Å². The first-order chi connectivity index (χ1) is 7.02. The molecule has 0 rings (SSSR count). The smallest absolute Gasteiger partial charge is 0.241 e. The summed E-state index contributed by atoms with van der Waals surface area (Å²) in [5.74, 6) is -0.0592. The summed E-state index contributed by atoms with van der Waals surface area (Å²) in [6, 6.07) is 0. The molecular weight excluding hydrogens is 194 g/mol. The molecule has 2 N–H and O–H groups in total. The number of carbonyl (C=O) groups is 2. The van der Waals surface area contributed by atoms with E-state index in [9.17, 15) is 9.59 Å². The molecule has 5 nitrogen and oxygen atoms in total. The van der Waals surface area contributed by atoms with E-state index in [-0.39, 0.29) is 18.4 Å². The lowest BCUT2D eigenvalue weighted by molar-refractivity contribution is -0.139. The van der Waals surface area contributed by atoms with Crippen molar-refractivity contribution in [1.29, 1.82) is 0 Å². The molecule has 0 fully saturated rings. The highest BCUT2D eigenvalue weighted by Crippen LogP contribution is 1.98. The Morgan fingerprint density at radius 3 is 2.20 bits per heavy atom. The number of amides is 2. The first kappa shape index (κ1) is 13.9. The molecular formula is C10H21N3O2. The van der Waals surface area contributed by atoms with Crippen LogP contribution < -0.4 is 5.73 Å². The van der Waals surface area contributed by atoms with Crippen molar-refractivity contribution in [3.05, 3.63) is 0 Å². The second-order valence-electron chi connectivity index (χ2n) is 3.59. The van der Waals surface area contributed by atoms with Gasteiger partial charge in [-0.2, -0.15) is 0 Å². The van der Waals surface area contributed by atoms with E-state index >= 15 is 0 Å². The molecule has 0 unspecified atom stereocenters. The zero-order valence-corrected chi connectivity index (χ0v) is 9.82. The number of nitrogens with two attached hydrogens (primary N) is 1. The van der Waals surface area contributed by atoms with Crippen molar-refractivity contribution in [1.82, 2.24) is 9.80 Å².